The number of hydrogen-bond donors (Lipinski definition) is 8. The number of rotatable bonds is 4. The average molecular weight is 725 g/mol. The molecule has 9 rings (SSSR count). The molecule has 9 fully saturated rings. The first-order valence-electron chi connectivity index (χ1n) is 21.8. The summed E-state index contributed by atoms with van der Waals surface area (Å²) in [5.41, 5.74) is 0. The highest BCUT2D eigenvalue weighted by Gasteiger charge is 2.58. The second kappa shape index (κ2) is 14.8. The van der Waals surface area contributed by atoms with Gasteiger partial charge in [-0.15, -0.1) is 0 Å². The Bertz CT molecular complexity index is 1050. The van der Waals surface area contributed by atoms with E-state index in [0.717, 1.165) is 0 Å². The lowest BCUT2D eigenvalue weighted by Crippen LogP contribution is -2.62. The van der Waals surface area contributed by atoms with Crippen molar-refractivity contribution in [1.29, 1.82) is 0 Å². The first-order chi connectivity index (χ1) is 25.1. The fourth-order valence-corrected chi connectivity index (χ4v) is 14.6. The van der Waals surface area contributed by atoms with Crippen molar-refractivity contribution in [2.24, 2.45) is 47.3 Å². The van der Waals surface area contributed by atoms with Crippen molar-refractivity contribution in [2.75, 3.05) is 56.4 Å². The standard InChI is InChI=1S/C40H76N12/c1-49(2)25-17-9-13-21-29(25)37-41-33(21)46-38-31-23(15-11-19-27(31)51(5)6)35(43-38)48-40-32-24(16-12-20-28(32)52(7)8)36(44-40)47-39-30-22(34(42-39)45-37)14-10-18-26(30)50(3)4/h21-48H,9-20H2,1-8H3. The highest BCUT2D eigenvalue weighted by Crippen LogP contribution is 2.47. The van der Waals surface area contributed by atoms with E-state index in [4.69, 9.17) is 0 Å². The van der Waals surface area contributed by atoms with Crippen LogP contribution in [0.25, 0.3) is 0 Å². The molecule has 0 radical (unpaired) electrons. The molecule has 12 heteroatoms. The normalized spacial score (nSPS) is 53.3. The van der Waals surface area contributed by atoms with Gasteiger partial charge in [0.25, 0.3) is 0 Å². The maximum absolute atomic E-state index is 4.39. The lowest BCUT2D eigenvalue weighted by Gasteiger charge is -2.44. The smallest absolute Gasteiger partial charge is 0.0643 e. The Morgan fingerprint density at radius 3 is 0.635 bits per heavy atom. The van der Waals surface area contributed by atoms with Crippen LogP contribution in [0.4, 0.5) is 0 Å². The number of nitrogens with zero attached hydrogens (tertiary/aromatic N) is 4. The fraction of sp³-hybridized carbons (Fsp3) is 1.00. The molecule has 52 heavy (non-hydrogen) atoms. The van der Waals surface area contributed by atoms with Gasteiger partial charge in [-0.05, 0) is 131 Å². The lowest BCUT2D eigenvalue weighted by atomic mass is 9.72. The maximum atomic E-state index is 4.39. The van der Waals surface area contributed by atoms with Crippen LogP contribution in [0.2, 0.25) is 0 Å². The highest BCUT2D eigenvalue weighted by molar-refractivity contribution is 5.13. The first kappa shape index (κ1) is 37.1. The number of fused-ring (bicyclic) bond motifs is 20. The Morgan fingerprint density at radius 2 is 0.462 bits per heavy atom. The molecule has 5 aliphatic heterocycles. The molecule has 8 N–H and O–H groups in total. The van der Waals surface area contributed by atoms with Crippen LogP contribution in [0.15, 0.2) is 0 Å². The SMILES string of the molecule is CN(C)C1CCCC2C3NC(NC4NC(NC5NC(NC6NC(N3)C3C6CCCC3N(C)C)C3C5CCCC3N(C)C)C3C4CCCC3N(C)C)C21. The van der Waals surface area contributed by atoms with E-state index in [2.05, 4.69) is 119 Å². The third kappa shape index (κ3) is 6.35. The van der Waals surface area contributed by atoms with E-state index in [0.29, 0.717) is 96.2 Å². The molecule has 0 aromatic heterocycles. The molecule has 5 heterocycles. The van der Waals surface area contributed by atoms with Crippen LogP contribution < -0.4 is 42.5 Å². The van der Waals surface area contributed by atoms with Crippen molar-refractivity contribution in [3.63, 3.8) is 0 Å². The van der Waals surface area contributed by atoms with Gasteiger partial charge in [0.15, 0.2) is 0 Å². The van der Waals surface area contributed by atoms with Gasteiger partial charge in [0, 0.05) is 47.8 Å². The zero-order valence-electron chi connectivity index (χ0n) is 33.8. The molecule has 8 bridgehead atoms. The van der Waals surface area contributed by atoms with Gasteiger partial charge >= 0.3 is 0 Å². The summed E-state index contributed by atoms with van der Waals surface area (Å²) >= 11 is 0. The van der Waals surface area contributed by atoms with Crippen LogP contribution in [0, 0.1) is 47.3 Å². The molecule has 12 atom stereocenters. The molecular weight excluding hydrogens is 649 g/mol. The van der Waals surface area contributed by atoms with E-state index in [9.17, 15) is 0 Å². The monoisotopic (exact) mass is 725 g/mol. The van der Waals surface area contributed by atoms with Crippen molar-refractivity contribution in [3.8, 4) is 0 Å². The van der Waals surface area contributed by atoms with Crippen LogP contribution in [0.1, 0.15) is 77.0 Å². The van der Waals surface area contributed by atoms with Crippen molar-refractivity contribution in [3.05, 3.63) is 0 Å². The minimum Gasteiger partial charge on any atom is -0.306 e. The van der Waals surface area contributed by atoms with E-state index < -0.39 is 0 Å². The van der Waals surface area contributed by atoms with E-state index in [1.165, 1.54) is 77.0 Å². The molecule has 9 aliphatic rings. The summed E-state index contributed by atoms with van der Waals surface area (Å²) in [5.74, 6) is 4.72. The van der Waals surface area contributed by atoms with Crippen LogP contribution in [-0.2, 0) is 0 Å². The molecule has 5 saturated heterocycles. The van der Waals surface area contributed by atoms with Gasteiger partial charge in [0.05, 0.1) is 49.3 Å². The van der Waals surface area contributed by atoms with Crippen molar-refractivity contribution in [2.45, 2.75) is 151 Å². The van der Waals surface area contributed by atoms with E-state index in [1.54, 1.807) is 0 Å². The van der Waals surface area contributed by atoms with Crippen LogP contribution in [0.5, 0.6) is 0 Å². The van der Waals surface area contributed by atoms with Crippen LogP contribution >= 0.6 is 0 Å². The Kier molecular flexibility index (Phi) is 10.6. The molecule has 0 spiro atoms. The second-order valence-corrected chi connectivity index (χ2v) is 20.0. The van der Waals surface area contributed by atoms with Gasteiger partial charge < -0.3 is 19.6 Å². The zero-order chi connectivity index (χ0) is 36.0. The fourth-order valence-electron chi connectivity index (χ4n) is 14.6. The van der Waals surface area contributed by atoms with Gasteiger partial charge in [0.2, 0.25) is 0 Å². The quantitative estimate of drug-likeness (QED) is 0.210. The molecule has 4 aliphatic carbocycles. The molecule has 12 nitrogen and oxygen atoms in total. The third-order valence-electron chi connectivity index (χ3n) is 16.7. The summed E-state index contributed by atoms with van der Waals surface area (Å²) in [5, 5.41) is 34.8. The summed E-state index contributed by atoms with van der Waals surface area (Å²) in [6.45, 7) is 0. The molecule has 0 aromatic rings. The maximum Gasteiger partial charge on any atom is 0.0643 e. The predicted octanol–water partition coefficient (Wildman–Crippen LogP) is 0.766. The molecule has 0 aromatic carbocycles. The number of nitrogens with one attached hydrogen (secondary N) is 8. The topological polar surface area (TPSA) is 109 Å². The summed E-state index contributed by atoms with van der Waals surface area (Å²) < 4.78 is 0. The van der Waals surface area contributed by atoms with E-state index in [1.807, 2.05) is 0 Å². The van der Waals surface area contributed by atoms with Crippen molar-refractivity contribution < 1.29 is 0 Å². The minimum atomic E-state index is 0.277. The highest BCUT2D eigenvalue weighted by atomic mass is 15.4. The van der Waals surface area contributed by atoms with Crippen molar-refractivity contribution in [1.82, 2.24) is 62.1 Å². The van der Waals surface area contributed by atoms with Crippen molar-refractivity contribution >= 4 is 0 Å². The second-order valence-electron chi connectivity index (χ2n) is 20.0. The summed E-state index contributed by atoms with van der Waals surface area (Å²) in [6, 6.07) is 2.33. The summed E-state index contributed by atoms with van der Waals surface area (Å²) in [7, 11) is 18.6. The van der Waals surface area contributed by atoms with Gasteiger partial charge in [-0.2, -0.15) is 0 Å². The zero-order valence-corrected chi connectivity index (χ0v) is 33.8. The third-order valence-corrected chi connectivity index (χ3v) is 16.7. The number of hydrogen-bond acceptors (Lipinski definition) is 12. The van der Waals surface area contributed by atoms with Gasteiger partial charge in [-0.25, -0.2) is 0 Å². The van der Waals surface area contributed by atoms with E-state index >= 15 is 0 Å². The Morgan fingerprint density at radius 1 is 0.269 bits per heavy atom. The predicted molar refractivity (Wildman–Crippen MR) is 209 cm³/mol. The summed E-state index contributed by atoms with van der Waals surface area (Å²) in [4.78, 5) is 10.2. The molecule has 296 valence electrons. The lowest BCUT2D eigenvalue weighted by molar-refractivity contribution is 0.0666. The van der Waals surface area contributed by atoms with Gasteiger partial charge in [-0.3, -0.25) is 42.5 Å². The largest absolute Gasteiger partial charge is 0.306 e. The molecular formula is C40H76N12. The van der Waals surface area contributed by atoms with Gasteiger partial charge in [-0.1, -0.05) is 25.7 Å². The Labute approximate surface area is 315 Å². The van der Waals surface area contributed by atoms with E-state index in [-0.39, 0.29) is 24.7 Å². The first-order valence-corrected chi connectivity index (χ1v) is 21.8. The minimum absolute atomic E-state index is 0.277. The molecule has 4 saturated carbocycles. The molecule has 12 unspecified atom stereocenters. The average Bonchev–Trinajstić information content (AvgIpc) is 3.86. The Balaban J connectivity index is 1.11. The summed E-state index contributed by atoms with van der Waals surface area (Å²) in [6.07, 6.45) is 17.9. The van der Waals surface area contributed by atoms with Gasteiger partial charge in [0.1, 0.15) is 0 Å². The van der Waals surface area contributed by atoms with Crippen LogP contribution in [-0.4, -0.2) is 149 Å². The van der Waals surface area contributed by atoms with Crippen LogP contribution in [0.3, 0.4) is 0 Å². The Hall–Kier alpha value is -0.480. The molecule has 0 amide bonds.